The Hall–Kier alpha value is -1.70. The van der Waals surface area contributed by atoms with Crippen LogP contribution in [0.5, 0.6) is 0 Å². The number of nitrogens with zero attached hydrogens (tertiary/aromatic N) is 1. The molecular formula is C13H15NO5S. The Labute approximate surface area is 117 Å². The first-order valence-corrected chi connectivity index (χ1v) is 7.53. The molecule has 6 nitrogen and oxygen atoms in total. The number of benzene rings is 1. The number of carboxylic acids is 1. The summed E-state index contributed by atoms with van der Waals surface area (Å²) in [6.45, 7) is 0.424. The maximum Gasteiger partial charge on any atom is 0.328 e. The minimum Gasteiger partial charge on any atom is -0.478 e. The van der Waals surface area contributed by atoms with Crippen molar-refractivity contribution in [2.75, 3.05) is 13.1 Å². The van der Waals surface area contributed by atoms with Gasteiger partial charge < -0.3 is 10.2 Å². The summed E-state index contributed by atoms with van der Waals surface area (Å²) in [5.74, 6) is -1.06. The highest BCUT2D eigenvalue weighted by molar-refractivity contribution is 7.89. The lowest BCUT2D eigenvalue weighted by Crippen LogP contribution is -2.29. The Morgan fingerprint density at radius 1 is 1.30 bits per heavy atom. The van der Waals surface area contributed by atoms with Crippen LogP contribution in [0.15, 0.2) is 35.2 Å². The van der Waals surface area contributed by atoms with Crippen molar-refractivity contribution in [3.05, 3.63) is 35.9 Å². The van der Waals surface area contributed by atoms with Gasteiger partial charge in [-0.2, -0.15) is 4.31 Å². The number of sulfonamides is 1. The second-order valence-electron chi connectivity index (χ2n) is 4.55. The molecule has 1 aromatic carbocycles. The summed E-state index contributed by atoms with van der Waals surface area (Å²) in [6.07, 6.45) is 2.21. The summed E-state index contributed by atoms with van der Waals surface area (Å²) in [4.78, 5) is 10.5. The van der Waals surface area contributed by atoms with Gasteiger partial charge in [-0.25, -0.2) is 13.2 Å². The molecule has 0 aromatic heterocycles. The molecule has 0 spiro atoms. The van der Waals surface area contributed by atoms with Crippen LogP contribution in [0.4, 0.5) is 0 Å². The zero-order valence-corrected chi connectivity index (χ0v) is 11.5. The first kappa shape index (κ1) is 14.7. The molecule has 0 radical (unpaired) electrons. The van der Waals surface area contributed by atoms with E-state index in [2.05, 4.69) is 0 Å². The number of aliphatic hydroxyl groups excluding tert-OH is 1. The molecule has 0 saturated carbocycles. The van der Waals surface area contributed by atoms with Gasteiger partial charge in [0.15, 0.2) is 0 Å². The third kappa shape index (κ3) is 3.24. The van der Waals surface area contributed by atoms with Gasteiger partial charge in [-0.1, -0.05) is 12.1 Å². The molecule has 20 heavy (non-hydrogen) atoms. The molecule has 1 heterocycles. The van der Waals surface area contributed by atoms with Gasteiger partial charge in [0.25, 0.3) is 0 Å². The van der Waals surface area contributed by atoms with Crippen molar-refractivity contribution in [2.45, 2.75) is 17.4 Å². The quantitative estimate of drug-likeness (QED) is 0.791. The number of aliphatic carboxylic acids is 1. The van der Waals surface area contributed by atoms with E-state index in [-0.39, 0.29) is 11.4 Å². The molecule has 2 rings (SSSR count). The van der Waals surface area contributed by atoms with Crippen LogP contribution in [0, 0.1) is 0 Å². The molecule has 1 saturated heterocycles. The van der Waals surface area contributed by atoms with Crippen molar-refractivity contribution in [3.63, 3.8) is 0 Å². The van der Waals surface area contributed by atoms with Crippen molar-refractivity contribution >= 4 is 22.1 Å². The van der Waals surface area contributed by atoms with Gasteiger partial charge in [-0.05, 0) is 30.2 Å². The van der Waals surface area contributed by atoms with Crippen molar-refractivity contribution in [3.8, 4) is 0 Å². The highest BCUT2D eigenvalue weighted by Gasteiger charge is 2.31. The number of carbonyl (C=O) groups is 1. The van der Waals surface area contributed by atoms with Gasteiger partial charge in [-0.15, -0.1) is 0 Å². The predicted molar refractivity (Wildman–Crippen MR) is 72.5 cm³/mol. The van der Waals surface area contributed by atoms with Crippen LogP contribution >= 0.6 is 0 Å². The molecule has 7 heteroatoms. The number of aliphatic hydroxyl groups is 1. The number of hydrogen-bond donors (Lipinski definition) is 2. The van der Waals surface area contributed by atoms with Gasteiger partial charge in [0.05, 0.1) is 11.0 Å². The van der Waals surface area contributed by atoms with Crippen LogP contribution in [0.3, 0.4) is 0 Å². The average molecular weight is 297 g/mol. The fourth-order valence-electron chi connectivity index (χ4n) is 2.00. The maximum absolute atomic E-state index is 12.3. The molecule has 0 aliphatic carbocycles. The lowest BCUT2D eigenvalue weighted by atomic mass is 10.2. The Morgan fingerprint density at radius 2 is 1.95 bits per heavy atom. The molecule has 0 unspecified atom stereocenters. The molecule has 0 bridgehead atoms. The number of hydrogen-bond acceptors (Lipinski definition) is 4. The molecule has 2 N–H and O–H groups in total. The summed E-state index contributed by atoms with van der Waals surface area (Å²) in [5.41, 5.74) is 0.604. The molecule has 0 amide bonds. The van der Waals surface area contributed by atoms with Gasteiger partial charge in [0, 0.05) is 19.2 Å². The third-order valence-corrected chi connectivity index (χ3v) is 4.94. The van der Waals surface area contributed by atoms with Crippen LogP contribution in [-0.2, 0) is 14.8 Å². The fourth-order valence-corrected chi connectivity index (χ4v) is 3.49. The zero-order chi connectivity index (χ0) is 14.8. The zero-order valence-electron chi connectivity index (χ0n) is 10.6. The molecule has 1 atom stereocenters. The molecular weight excluding hydrogens is 282 g/mol. The first-order valence-electron chi connectivity index (χ1n) is 6.09. The van der Waals surface area contributed by atoms with Crippen molar-refractivity contribution in [1.29, 1.82) is 0 Å². The summed E-state index contributed by atoms with van der Waals surface area (Å²) in [5, 5.41) is 17.9. The monoisotopic (exact) mass is 297 g/mol. The first-order chi connectivity index (χ1) is 9.39. The third-order valence-electron chi connectivity index (χ3n) is 3.06. The summed E-state index contributed by atoms with van der Waals surface area (Å²) >= 11 is 0. The van der Waals surface area contributed by atoms with E-state index >= 15 is 0 Å². The lowest BCUT2D eigenvalue weighted by Gasteiger charge is -2.15. The number of carboxylic acid groups (broad SMARTS) is 1. The Balaban J connectivity index is 2.19. The van der Waals surface area contributed by atoms with E-state index in [1.165, 1.54) is 22.5 Å². The minimum atomic E-state index is -3.59. The van der Waals surface area contributed by atoms with Crippen LogP contribution in [0.1, 0.15) is 12.0 Å². The SMILES string of the molecule is O=C(O)/C=C/c1ccc(S(=O)(=O)N2CC[C@H](O)C2)cc1. The Bertz CT molecular complexity index is 621. The second kappa shape index (κ2) is 5.74. The van der Waals surface area contributed by atoms with Gasteiger partial charge in [-0.3, -0.25) is 0 Å². The van der Waals surface area contributed by atoms with E-state index in [1.807, 2.05) is 0 Å². The topological polar surface area (TPSA) is 94.9 Å². The Morgan fingerprint density at radius 3 is 2.45 bits per heavy atom. The Kier molecular flexibility index (Phi) is 4.22. The minimum absolute atomic E-state index is 0.114. The highest BCUT2D eigenvalue weighted by Crippen LogP contribution is 2.21. The van der Waals surface area contributed by atoms with Crippen LogP contribution in [0.25, 0.3) is 6.08 Å². The average Bonchev–Trinajstić information content (AvgIpc) is 2.84. The largest absolute Gasteiger partial charge is 0.478 e. The van der Waals surface area contributed by atoms with E-state index in [0.29, 0.717) is 18.5 Å². The molecule has 1 aromatic rings. The van der Waals surface area contributed by atoms with Crippen LogP contribution in [-0.4, -0.2) is 48.1 Å². The van der Waals surface area contributed by atoms with Crippen molar-refractivity contribution < 1.29 is 23.4 Å². The molecule has 1 aliphatic rings. The lowest BCUT2D eigenvalue weighted by molar-refractivity contribution is -0.131. The second-order valence-corrected chi connectivity index (χ2v) is 6.48. The summed E-state index contributed by atoms with van der Waals surface area (Å²) < 4.78 is 25.8. The van der Waals surface area contributed by atoms with Gasteiger partial charge >= 0.3 is 5.97 Å². The summed E-state index contributed by atoms with van der Waals surface area (Å²) in [6, 6.07) is 5.95. The standard InChI is InChI=1S/C13H15NO5S/c15-11-7-8-14(9-11)20(18,19)12-4-1-10(2-5-12)3-6-13(16)17/h1-6,11,15H,7-9H2,(H,16,17)/b6-3+/t11-/m0/s1. The smallest absolute Gasteiger partial charge is 0.328 e. The van der Waals surface area contributed by atoms with Crippen molar-refractivity contribution in [2.24, 2.45) is 0 Å². The highest BCUT2D eigenvalue weighted by atomic mass is 32.2. The van der Waals surface area contributed by atoms with E-state index in [0.717, 1.165) is 6.08 Å². The van der Waals surface area contributed by atoms with Crippen LogP contribution < -0.4 is 0 Å². The maximum atomic E-state index is 12.3. The van der Waals surface area contributed by atoms with Gasteiger partial charge in [0.2, 0.25) is 10.0 Å². The molecule has 108 valence electrons. The van der Waals surface area contributed by atoms with Crippen molar-refractivity contribution in [1.82, 2.24) is 4.31 Å². The van der Waals surface area contributed by atoms with Gasteiger partial charge in [0.1, 0.15) is 0 Å². The van der Waals surface area contributed by atoms with E-state index in [9.17, 15) is 18.3 Å². The molecule has 1 fully saturated rings. The van der Waals surface area contributed by atoms with E-state index in [1.54, 1.807) is 12.1 Å². The normalized spacial score (nSPS) is 20.6. The number of β-amino-alcohol motifs (C(OH)–C–C–N with tert-alkyl or cyclic N) is 1. The van der Waals surface area contributed by atoms with E-state index < -0.39 is 22.1 Å². The van der Waals surface area contributed by atoms with E-state index in [4.69, 9.17) is 5.11 Å². The predicted octanol–water partition coefficient (Wildman–Crippen LogP) is 0.540. The summed E-state index contributed by atoms with van der Waals surface area (Å²) in [7, 11) is -3.59. The fraction of sp³-hybridized carbons (Fsp3) is 0.308. The molecule has 1 aliphatic heterocycles. The number of rotatable bonds is 4. The van der Waals surface area contributed by atoms with Crippen LogP contribution in [0.2, 0.25) is 0 Å².